The topological polar surface area (TPSA) is 0 Å². The number of benzene rings is 3. The highest BCUT2D eigenvalue weighted by molar-refractivity contribution is 5.71. The van der Waals surface area contributed by atoms with Crippen LogP contribution in [0.5, 0.6) is 0 Å². The zero-order valence-electron chi connectivity index (χ0n) is 25.9. The van der Waals surface area contributed by atoms with Crippen LogP contribution in [0.2, 0.25) is 0 Å². The van der Waals surface area contributed by atoms with Crippen molar-refractivity contribution >= 4 is 17.1 Å². The van der Waals surface area contributed by atoms with Gasteiger partial charge in [0.25, 0.3) is 0 Å². The van der Waals surface area contributed by atoms with Crippen LogP contribution in [0.1, 0.15) is 129 Å². The fourth-order valence-electron chi connectivity index (χ4n) is 6.67. The molecular formula is C39H58N+. The van der Waals surface area contributed by atoms with Crippen molar-refractivity contribution in [2.45, 2.75) is 135 Å². The lowest BCUT2D eigenvalue weighted by atomic mass is 9.96. The highest BCUT2D eigenvalue weighted by Gasteiger charge is 2.42. The molecule has 1 unspecified atom stereocenters. The first-order valence-corrected chi connectivity index (χ1v) is 16.9. The van der Waals surface area contributed by atoms with Crippen molar-refractivity contribution in [2.24, 2.45) is 0 Å². The van der Waals surface area contributed by atoms with E-state index in [-0.39, 0.29) is 0 Å². The quantitative estimate of drug-likeness (QED) is 0.0878. The van der Waals surface area contributed by atoms with Crippen LogP contribution in [0.25, 0.3) is 0 Å². The first kappa shape index (κ1) is 32.1. The van der Waals surface area contributed by atoms with Crippen molar-refractivity contribution in [1.29, 1.82) is 0 Å². The summed E-state index contributed by atoms with van der Waals surface area (Å²) in [4.78, 5) is 0. The van der Waals surface area contributed by atoms with Gasteiger partial charge in [-0.3, -0.25) is 0 Å². The second-order valence-corrected chi connectivity index (χ2v) is 11.9. The molecule has 0 aliphatic rings. The van der Waals surface area contributed by atoms with Gasteiger partial charge in [0.15, 0.2) is 0 Å². The Labute approximate surface area is 247 Å². The molecule has 0 amide bonds. The largest absolute Gasteiger partial charge is 0.224 e. The van der Waals surface area contributed by atoms with E-state index in [1.807, 2.05) is 0 Å². The van der Waals surface area contributed by atoms with Crippen LogP contribution in [-0.2, 0) is 0 Å². The Kier molecular flexibility index (Phi) is 15.8. The zero-order chi connectivity index (χ0) is 28.1. The maximum Gasteiger partial charge on any atom is 0.143 e. The summed E-state index contributed by atoms with van der Waals surface area (Å²) in [6, 6.07) is 34.1. The van der Waals surface area contributed by atoms with E-state index in [2.05, 4.69) is 105 Å². The summed E-state index contributed by atoms with van der Waals surface area (Å²) in [5.41, 5.74) is 4.09. The number of quaternary nitrogens is 1. The van der Waals surface area contributed by atoms with Crippen LogP contribution in [-0.4, -0.2) is 6.04 Å². The molecule has 0 aliphatic carbocycles. The monoisotopic (exact) mass is 540 g/mol. The molecule has 1 nitrogen and oxygen atoms in total. The van der Waals surface area contributed by atoms with Gasteiger partial charge >= 0.3 is 0 Å². The average molecular weight is 541 g/mol. The summed E-state index contributed by atoms with van der Waals surface area (Å²) in [7, 11) is 0. The second-order valence-electron chi connectivity index (χ2n) is 11.9. The minimum absolute atomic E-state index is 0.499. The van der Waals surface area contributed by atoms with Gasteiger partial charge in [-0.15, -0.1) is 0 Å². The lowest BCUT2D eigenvalue weighted by molar-refractivity contribution is 0.337. The van der Waals surface area contributed by atoms with E-state index in [0.717, 1.165) is 10.9 Å². The predicted molar refractivity (Wildman–Crippen MR) is 179 cm³/mol. The molecule has 3 aromatic carbocycles. The molecule has 0 bridgehead atoms. The molecule has 0 fully saturated rings. The normalized spacial score (nSPS) is 12.4. The summed E-state index contributed by atoms with van der Waals surface area (Å²) in [6.07, 6.45) is 25.1. The maximum absolute atomic E-state index is 2.39. The van der Waals surface area contributed by atoms with Crippen LogP contribution >= 0.6 is 0 Å². The van der Waals surface area contributed by atoms with Crippen LogP contribution in [0.3, 0.4) is 0 Å². The minimum Gasteiger partial charge on any atom is -0.224 e. The van der Waals surface area contributed by atoms with E-state index in [4.69, 9.17) is 0 Å². The average Bonchev–Trinajstić information content (AvgIpc) is 3.01. The summed E-state index contributed by atoms with van der Waals surface area (Å²) in [6.45, 7) is 4.69. The van der Waals surface area contributed by atoms with Gasteiger partial charge in [0.2, 0.25) is 0 Å². The first-order valence-electron chi connectivity index (χ1n) is 16.9. The Balaban J connectivity index is 1.47. The molecule has 3 rings (SSSR count). The molecule has 0 radical (unpaired) electrons. The zero-order valence-corrected chi connectivity index (χ0v) is 25.9. The van der Waals surface area contributed by atoms with Gasteiger partial charge < -0.3 is 0 Å². The molecule has 0 N–H and O–H groups in total. The van der Waals surface area contributed by atoms with Crippen molar-refractivity contribution < 1.29 is 0 Å². The van der Waals surface area contributed by atoms with Crippen molar-refractivity contribution in [2.75, 3.05) is 0 Å². The maximum atomic E-state index is 2.39. The molecule has 0 aliphatic heterocycles. The molecule has 0 spiro atoms. The van der Waals surface area contributed by atoms with Gasteiger partial charge in [0, 0.05) is 6.42 Å². The third kappa shape index (κ3) is 9.91. The van der Waals surface area contributed by atoms with E-state index in [9.17, 15) is 0 Å². The van der Waals surface area contributed by atoms with Gasteiger partial charge in [0.1, 0.15) is 23.1 Å². The van der Waals surface area contributed by atoms with Crippen LogP contribution < -0.4 is 4.48 Å². The fourth-order valence-corrected chi connectivity index (χ4v) is 6.67. The molecule has 218 valence electrons. The molecule has 0 saturated heterocycles. The Morgan fingerprint density at radius 1 is 0.400 bits per heavy atom. The standard InChI is InChI=1S/C39H58N/c1-3-5-6-7-8-9-10-11-12-13-14-15-16-17-18-22-29-36(4-2)40(37-30-23-19-24-31-37,38-32-25-20-26-33-38)39-34-27-21-28-35-39/h19-21,23-28,30-36H,3-18,22,29H2,1-2H3/q+1. The second kappa shape index (κ2) is 19.7. The number of para-hydroxylation sites is 3. The van der Waals surface area contributed by atoms with E-state index >= 15 is 0 Å². The molecule has 3 aromatic rings. The third-order valence-corrected chi connectivity index (χ3v) is 8.90. The molecule has 0 heterocycles. The number of unbranched alkanes of at least 4 members (excludes halogenated alkanes) is 15. The van der Waals surface area contributed by atoms with E-state index in [1.165, 1.54) is 126 Å². The Morgan fingerprint density at radius 2 is 0.700 bits per heavy atom. The highest BCUT2D eigenvalue weighted by atomic mass is 15.4. The summed E-state index contributed by atoms with van der Waals surface area (Å²) in [5.74, 6) is 0. The Morgan fingerprint density at radius 3 is 1.00 bits per heavy atom. The molecular weight excluding hydrogens is 482 g/mol. The van der Waals surface area contributed by atoms with E-state index < -0.39 is 0 Å². The lowest BCUT2D eigenvalue weighted by Gasteiger charge is -2.43. The van der Waals surface area contributed by atoms with Crippen molar-refractivity contribution in [1.82, 2.24) is 4.48 Å². The third-order valence-electron chi connectivity index (χ3n) is 8.90. The minimum atomic E-state index is 0.499. The summed E-state index contributed by atoms with van der Waals surface area (Å²) in [5, 5.41) is 0. The molecule has 40 heavy (non-hydrogen) atoms. The van der Waals surface area contributed by atoms with E-state index in [0.29, 0.717) is 6.04 Å². The lowest BCUT2D eigenvalue weighted by Crippen LogP contribution is -2.48. The predicted octanol–water partition coefficient (Wildman–Crippen LogP) is 13.1. The highest BCUT2D eigenvalue weighted by Crippen LogP contribution is 2.48. The van der Waals surface area contributed by atoms with Crippen molar-refractivity contribution in [3.05, 3.63) is 91.0 Å². The summed E-state index contributed by atoms with van der Waals surface area (Å²) < 4.78 is 0.803. The SMILES string of the molecule is CCCCCCCCCCCCCCCCCCC(CC)[N+](c1ccccc1)(c1ccccc1)c1ccccc1. The molecule has 1 atom stereocenters. The van der Waals surface area contributed by atoms with Gasteiger partial charge in [-0.25, -0.2) is 4.48 Å². The van der Waals surface area contributed by atoms with Crippen molar-refractivity contribution in [3.63, 3.8) is 0 Å². The number of hydrogen-bond donors (Lipinski definition) is 0. The van der Waals surface area contributed by atoms with Gasteiger partial charge in [-0.05, 0) is 49.2 Å². The van der Waals surface area contributed by atoms with Gasteiger partial charge in [-0.1, -0.05) is 165 Å². The molecule has 0 aromatic heterocycles. The first-order chi connectivity index (χ1) is 19.8. The van der Waals surface area contributed by atoms with Crippen LogP contribution in [0, 0.1) is 0 Å². The molecule has 1 heteroatoms. The van der Waals surface area contributed by atoms with Crippen molar-refractivity contribution in [3.8, 4) is 0 Å². The number of rotatable bonds is 22. The molecule has 0 saturated carbocycles. The number of hydrogen-bond acceptors (Lipinski definition) is 0. The fraction of sp³-hybridized carbons (Fsp3) is 0.538. The van der Waals surface area contributed by atoms with Gasteiger partial charge in [0.05, 0.1) is 0 Å². The number of nitrogens with zero attached hydrogens (tertiary/aromatic N) is 1. The Bertz CT molecular complexity index is 884. The summed E-state index contributed by atoms with van der Waals surface area (Å²) >= 11 is 0. The smallest absolute Gasteiger partial charge is 0.143 e. The van der Waals surface area contributed by atoms with E-state index in [1.54, 1.807) is 0 Å². The van der Waals surface area contributed by atoms with Crippen LogP contribution in [0.4, 0.5) is 17.1 Å². The Hall–Kier alpha value is -2.38. The van der Waals surface area contributed by atoms with Gasteiger partial charge in [-0.2, -0.15) is 0 Å². The van der Waals surface area contributed by atoms with Crippen LogP contribution in [0.15, 0.2) is 91.0 Å².